The summed E-state index contributed by atoms with van der Waals surface area (Å²) in [5, 5.41) is 12.6. The SMILES string of the molecule is CCOc1ccc(-n2c(SCC(=O)Nc3c(C)cccc3CC)nnc2-c2ccccc2)cc1. The monoisotopic (exact) mass is 472 g/mol. The Bertz CT molecular complexity index is 1250. The molecule has 0 aliphatic rings. The molecule has 1 aromatic heterocycles. The van der Waals surface area contributed by atoms with E-state index in [-0.39, 0.29) is 11.7 Å². The number of aromatic nitrogens is 3. The minimum atomic E-state index is -0.0727. The Labute approximate surface area is 204 Å². The minimum absolute atomic E-state index is 0.0727. The molecule has 0 saturated heterocycles. The molecule has 7 heteroatoms. The summed E-state index contributed by atoms with van der Waals surface area (Å²) in [7, 11) is 0. The first-order valence-electron chi connectivity index (χ1n) is 11.4. The first kappa shape index (κ1) is 23.6. The number of rotatable bonds is 9. The van der Waals surface area contributed by atoms with Crippen molar-refractivity contribution in [2.24, 2.45) is 0 Å². The van der Waals surface area contributed by atoms with Crippen molar-refractivity contribution in [2.75, 3.05) is 17.7 Å². The van der Waals surface area contributed by atoms with Gasteiger partial charge in [0.15, 0.2) is 11.0 Å². The number of amides is 1. The van der Waals surface area contributed by atoms with Crippen LogP contribution in [0, 0.1) is 6.92 Å². The highest BCUT2D eigenvalue weighted by atomic mass is 32.2. The number of nitrogens with one attached hydrogen (secondary N) is 1. The second-order valence-electron chi connectivity index (χ2n) is 7.73. The van der Waals surface area contributed by atoms with E-state index in [0.29, 0.717) is 11.8 Å². The summed E-state index contributed by atoms with van der Waals surface area (Å²) < 4.78 is 7.57. The molecule has 3 aromatic carbocycles. The van der Waals surface area contributed by atoms with Gasteiger partial charge in [0.1, 0.15) is 5.75 Å². The zero-order chi connectivity index (χ0) is 23.9. The smallest absolute Gasteiger partial charge is 0.234 e. The maximum Gasteiger partial charge on any atom is 0.234 e. The molecule has 4 rings (SSSR count). The van der Waals surface area contributed by atoms with E-state index in [1.54, 1.807) is 0 Å². The van der Waals surface area contributed by atoms with Gasteiger partial charge in [0.2, 0.25) is 5.91 Å². The lowest BCUT2D eigenvalue weighted by Gasteiger charge is -2.13. The largest absolute Gasteiger partial charge is 0.494 e. The van der Waals surface area contributed by atoms with Crippen LogP contribution in [0.3, 0.4) is 0 Å². The number of hydrogen-bond donors (Lipinski definition) is 1. The molecule has 0 unspecified atom stereocenters. The van der Waals surface area contributed by atoms with Crippen molar-refractivity contribution >= 4 is 23.4 Å². The summed E-state index contributed by atoms with van der Waals surface area (Å²) in [6, 6.07) is 23.8. The van der Waals surface area contributed by atoms with Gasteiger partial charge in [-0.05, 0) is 55.7 Å². The van der Waals surface area contributed by atoms with Crippen LogP contribution in [0.1, 0.15) is 25.0 Å². The highest BCUT2D eigenvalue weighted by molar-refractivity contribution is 7.99. The maximum atomic E-state index is 12.8. The number of nitrogens with zero attached hydrogens (tertiary/aromatic N) is 3. The summed E-state index contributed by atoms with van der Waals surface area (Å²) in [6.45, 7) is 6.67. The molecule has 34 heavy (non-hydrogen) atoms. The van der Waals surface area contributed by atoms with E-state index in [1.807, 2.05) is 91.2 Å². The van der Waals surface area contributed by atoms with Crippen LogP contribution < -0.4 is 10.1 Å². The van der Waals surface area contributed by atoms with E-state index in [1.165, 1.54) is 11.8 Å². The van der Waals surface area contributed by atoms with E-state index in [9.17, 15) is 4.79 Å². The highest BCUT2D eigenvalue weighted by Gasteiger charge is 2.18. The van der Waals surface area contributed by atoms with Crippen molar-refractivity contribution in [3.8, 4) is 22.8 Å². The third kappa shape index (κ3) is 5.31. The van der Waals surface area contributed by atoms with Crippen molar-refractivity contribution in [3.05, 3.63) is 83.9 Å². The minimum Gasteiger partial charge on any atom is -0.494 e. The fourth-order valence-electron chi connectivity index (χ4n) is 3.74. The number of hydrogen-bond acceptors (Lipinski definition) is 5. The molecular formula is C27H28N4O2S. The van der Waals surface area contributed by atoms with E-state index in [4.69, 9.17) is 4.74 Å². The first-order valence-corrected chi connectivity index (χ1v) is 12.3. The van der Waals surface area contributed by atoms with E-state index < -0.39 is 0 Å². The standard InChI is InChI=1S/C27H28N4O2S/c1-4-20-13-9-10-19(3)25(20)28-24(32)18-34-27-30-29-26(21-11-7-6-8-12-21)31(27)22-14-16-23(17-15-22)33-5-2/h6-17H,4-5,18H2,1-3H3,(H,28,32). The van der Waals surface area contributed by atoms with E-state index >= 15 is 0 Å². The number of ether oxygens (including phenoxy) is 1. The summed E-state index contributed by atoms with van der Waals surface area (Å²) in [6.07, 6.45) is 0.858. The number of carbonyl (C=O) groups is 1. The topological polar surface area (TPSA) is 69.0 Å². The molecule has 0 aliphatic heterocycles. The summed E-state index contributed by atoms with van der Waals surface area (Å²) in [5.74, 6) is 1.68. The van der Waals surface area contributed by atoms with Crippen molar-refractivity contribution in [2.45, 2.75) is 32.3 Å². The van der Waals surface area contributed by atoms with Gasteiger partial charge in [-0.3, -0.25) is 9.36 Å². The van der Waals surface area contributed by atoms with E-state index in [0.717, 1.165) is 46.1 Å². The molecule has 6 nitrogen and oxygen atoms in total. The Hall–Kier alpha value is -3.58. The van der Waals surface area contributed by atoms with Crippen LogP contribution in [-0.4, -0.2) is 33.0 Å². The molecule has 174 valence electrons. The lowest BCUT2D eigenvalue weighted by atomic mass is 10.1. The Morgan fingerprint density at radius 3 is 2.44 bits per heavy atom. The van der Waals surface area contributed by atoms with Crippen LogP contribution in [0.2, 0.25) is 0 Å². The van der Waals surface area contributed by atoms with Gasteiger partial charge in [0.25, 0.3) is 0 Å². The molecule has 4 aromatic rings. The molecule has 0 fully saturated rings. The Balaban J connectivity index is 1.59. The van der Waals surface area contributed by atoms with Gasteiger partial charge >= 0.3 is 0 Å². The number of para-hydroxylation sites is 1. The maximum absolute atomic E-state index is 12.8. The van der Waals surface area contributed by atoms with Crippen LogP contribution >= 0.6 is 11.8 Å². The van der Waals surface area contributed by atoms with E-state index in [2.05, 4.69) is 22.4 Å². The number of thioether (sulfide) groups is 1. The number of benzene rings is 3. The fourth-order valence-corrected chi connectivity index (χ4v) is 4.49. The van der Waals surface area contributed by atoms with Gasteiger partial charge in [0.05, 0.1) is 12.4 Å². The van der Waals surface area contributed by atoms with Crippen LogP contribution in [0.5, 0.6) is 5.75 Å². The van der Waals surface area contributed by atoms with Gasteiger partial charge in [0, 0.05) is 16.9 Å². The predicted octanol–water partition coefficient (Wildman–Crippen LogP) is 5.93. The average Bonchev–Trinajstić information content (AvgIpc) is 3.29. The molecule has 0 spiro atoms. The normalized spacial score (nSPS) is 10.8. The Morgan fingerprint density at radius 2 is 1.74 bits per heavy atom. The molecule has 1 amide bonds. The van der Waals surface area contributed by atoms with Crippen molar-refractivity contribution in [3.63, 3.8) is 0 Å². The van der Waals surface area contributed by atoms with Gasteiger partial charge < -0.3 is 10.1 Å². The molecule has 0 aliphatic carbocycles. The molecule has 0 radical (unpaired) electrons. The second-order valence-corrected chi connectivity index (χ2v) is 8.68. The van der Waals surface area contributed by atoms with Gasteiger partial charge in [-0.1, -0.05) is 67.2 Å². The highest BCUT2D eigenvalue weighted by Crippen LogP contribution is 2.29. The lowest BCUT2D eigenvalue weighted by Crippen LogP contribution is -2.16. The molecule has 0 saturated carbocycles. The number of carbonyl (C=O) groups excluding carboxylic acids is 1. The van der Waals surface area contributed by atoms with Crippen molar-refractivity contribution in [1.82, 2.24) is 14.8 Å². The summed E-state index contributed by atoms with van der Waals surface area (Å²) >= 11 is 1.36. The number of aryl methyl sites for hydroxylation is 2. The molecule has 1 N–H and O–H groups in total. The van der Waals surface area contributed by atoms with Crippen LogP contribution in [0.25, 0.3) is 17.1 Å². The van der Waals surface area contributed by atoms with Crippen LogP contribution in [-0.2, 0) is 11.2 Å². The first-order chi connectivity index (χ1) is 16.6. The van der Waals surface area contributed by atoms with Gasteiger partial charge in [-0.2, -0.15) is 0 Å². The molecule has 1 heterocycles. The molecular weight excluding hydrogens is 444 g/mol. The Morgan fingerprint density at radius 1 is 0.971 bits per heavy atom. The van der Waals surface area contributed by atoms with Gasteiger partial charge in [-0.15, -0.1) is 10.2 Å². The molecule has 0 atom stereocenters. The van der Waals surface area contributed by atoms with Crippen molar-refractivity contribution in [1.29, 1.82) is 0 Å². The third-order valence-electron chi connectivity index (χ3n) is 5.41. The predicted molar refractivity (Wildman–Crippen MR) is 138 cm³/mol. The fraction of sp³-hybridized carbons (Fsp3) is 0.222. The third-order valence-corrected chi connectivity index (χ3v) is 6.34. The summed E-state index contributed by atoms with van der Waals surface area (Å²) in [5.41, 5.74) is 4.94. The Kier molecular flexibility index (Phi) is 7.65. The molecule has 0 bridgehead atoms. The van der Waals surface area contributed by atoms with Crippen molar-refractivity contribution < 1.29 is 9.53 Å². The van der Waals surface area contributed by atoms with Gasteiger partial charge in [-0.25, -0.2) is 0 Å². The quantitative estimate of drug-likeness (QED) is 0.306. The summed E-state index contributed by atoms with van der Waals surface area (Å²) in [4.78, 5) is 12.8. The van der Waals surface area contributed by atoms with Crippen LogP contribution in [0.4, 0.5) is 5.69 Å². The lowest BCUT2D eigenvalue weighted by molar-refractivity contribution is -0.113. The second kappa shape index (κ2) is 11.0. The zero-order valence-corrected chi connectivity index (χ0v) is 20.4. The van der Waals surface area contributed by atoms with Crippen LogP contribution in [0.15, 0.2) is 78.0 Å². The average molecular weight is 473 g/mol. The zero-order valence-electron chi connectivity index (χ0n) is 19.6. The number of anilines is 1.